The number of carbonyl (C=O) groups is 1. The second kappa shape index (κ2) is 8.74. The van der Waals surface area contributed by atoms with Crippen LogP contribution in [0.4, 0.5) is 0 Å². The van der Waals surface area contributed by atoms with E-state index < -0.39 is 11.5 Å². The number of nitrogens with one attached hydrogen (secondary N) is 2. The molecule has 0 aliphatic rings. The Morgan fingerprint density at radius 2 is 2.16 bits per heavy atom. The molecule has 0 radical (unpaired) electrons. The third-order valence-electron chi connectivity index (χ3n) is 3.13. The number of esters is 1. The van der Waals surface area contributed by atoms with E-state index in [1.54, 1.807) is 37.3 Å². The number of hydrogen-bond donors (Lipinski definition) is 2. The minimum Gasteiger partial charge on any atom is -0.461 e. The number of ether oxygens (including phenoxy) is 1. The Morgan fingerprint density at radius 1 is 1.44 bits per heavy atom. The van der Waals surface area contributed by atoms with Crippen LogP contribution in [0.5, 0.6) is 0 Å². The van der Waals surface area contributed by atoms with Crippen molar-refractivity contribution in [1.29, 1.82) is 0 Å². The lowest BCUT2D eigenvalue weighted by Crippen LogP contribution is -2.21. The molecule has 0 aliphatic heterocycles. The fourth-order valence-electron chi connectivity index (χ4n) is 2.02. The van der Waals surface area contributed by atoms with Gasteiger partial charge < -0.3 is 10.1 Å². The van der Waals surface area contributed by atoms with Crippen LogP contribution in [0.15, 0.2) is 52.8 Å². The molecule has 0 amide bonds. The lowest BCUT2D eigenvalue weighted by Gasteiger charge is -2.01. The molecule has 0 saturated carbocycles. The maximum absolute atomic E-state index is 12.7. The van der Waals surface area contributed by atoms with Crippen molar-refractivity contribution in [2.75, 3.05) is 13.2 Å². The predicted octanol–water partition coefficient (Wildman–Crippen LogP) is 1.82. The van der Waals surface area contributed by atoms with E-state index in [2.05, 4.69) is 22.0 Å². The van der Waals surface area contributed by atoms with Crippen LogP contribution in [0.3, 0.4) is 0 Å². The van der Waals surface area contributed by atoms with Gasteiger partial charge in [0.1, 0.15) is 0 Å². The summed E-state index contributed by atoms with van der Waals surface area (Å²) in [4.78, 5) is 28.8. The molecule has 1 aromatic heterocycles. The Labute approximate surface area is 150 Å². The van der Waals surface area contributed by atoms with E-state index >= 15 is 0 Å². The molecule has 8 heteroatoms. The van der Waals surface area contributed by atoms with Crippen LogP contribution < -0.4 is 10.9 Å². The number of H-pyrrole nitrogens is 1. The number of carbonyl (C=O) groups excluding carboxylic acids is 1. The van der Waals surface area contributed by atoms with Crippen molar-refractivity contribution in [3.05, 3.63) is 64.6 Å². The zero-order valence-electron chi connectivity index (χ0n) is 13.7. The van der Waals surface area contributed by atoms with Gasteiger partial charge in [0, 0.05) is 12.8 Å². The fourth-order valence-corrected chi connectivity index (χ4v) is 2.15. The number of aliphatic imine (C=N–C) groups is 1. The predicted molar refractivity (Wildman–Crippen MR) is 101 cm³/mol. The zero-order chi connectivity index (χ0) is 18.2. The summed E-state index contributed by atoms with van der Waals surface area (Å²) >= 11 is 5.03. The van der Waals surface area contributed by atoms with Crippen molar-refractivity contribution in [2.45, 2.75) is 6.92 Å². The number of rotatable bonds is 6. The summed E-state index contributed by atoms with van der Waals surface area (Å²) in [5.74, 6) is -0.638. The van der Waals surface area contributed by atoms with Gasteiger partial charge in [-0.1, -0.05) is 24.3 Å². The van der Waals surface area contributed by atoms with Gasteiger partial charge >= 0.3 is 5.97 Å². The third kappa shape index (κ3) is 4.51. The molecule has 2 N–H and O–H groups in total. The molecule has 1 aromatic carbocycles. The third-order valence-corrected chi connectivity index (χ3v) is 3.38. The summed E-state index contributed by atoms with van der Waals surface area (Å²) in [6.07, 6.45) is 2.88. The van der Waals surface area contributed by atoms with Crippen LogP contribution in [0, 0.1) is 0 Å². The van der Waals surface area contributed by atoms with E-state index in [4.69, 9.17) is 17.0 Å². The van der Waals surface area contributed by atoms with Crippen molar-refractivity contribution < 1.29 is 9.53 Å². The van der Waals surface area contributed by atoms with Crippen molar-refractivity contribution in [3.8, 4) is 5.69 Å². The highest BCUT2D eigenvalue weighted by Gasteiger charge is 2.20. The minimum absolute atomic E-state index is 0.0194. The lowest BCUT2D eigenvalue weighted by atomic mass is 10.2. The highest BCUT2D eigenvalue weighted by molar-refractivity contribution is 7.80. The maximum Gasteiger partial charge on any atom is 0.357 e. The smallest absolute Gasteiger partial charge is 0.357 e. The van der Waals surface area contributed by atoms with Crippen LogP contribution in [-0.4, -0.2) is 40.2 Å². The second-order valence-electron chi connectivity index (χ2n) is 4.83. The van der Waals surface area contributed by atoms with Crippen molar-refractivity contribution in [3.63, 3.8) is 0 Å². The number of aromatic amines is 1. The first-order valence-corrected chi connectivity index (χ1v) is 7.99. The van der Waals surface area contributed by atoms with Gasteiger partial charge in [0.2, 0.25) is 0 Å². The first kappa shape index (κ1) is 18.3. The molecule has 25 heavy (non-hydrogen) atoms. The van der Waals surface area contributed by atoms with E-state index in [-0.39, 0.29) is 23.0 Å². The monoisotopic (exact) mass is 358 g/mol. The average Bonchev–Trinajstić information content (AvgIpc) is 2.95. The second-order valence-corrected chi connectivity index (χ2v) is 5.22. The number of para-hydroxylation sites is 1. The van der Waals surface area contributed by atoms with Crippen molar-refractivity contribution in [1.82, 2.24) is 15.1 Å². The van der Waals surface area contributed by atoms with Gasteiger partial charge in [0.15, 0.2) is 10.8 Å². The minimum atomic E-state index is -0.638. The van der Waals surface area contributed by atoms with Crippen LogP contribution in [0.2, 0.25) is 0 Å². The Bertz CT molecular complexity index is 853. The quantitative estimate of drug-likeness (QED) is 0.356. The maximum atomic E-state index is 12.7. The van der Waals surface area contributed by atoms with E-state index in [9.17, 15) is 9.59 Å². The van der Waals surface area contributed by atoms with Crippen LogP contribution in [0.1, 0.15) is 23.0 Å². The number of nitrogens with zero attached hydrogens (tertiary/aromatic N) is 2. The van der Waals surface area contributed by atoms with Crippen LogP contribution >= 0.6 is 12.2 Å². The Balaban J connectivity index is 2.45. The molecule has 2 rings (SSSR count). The number of benzene rings is 1. The normalized spacial score (nSPS) is 10.6. The van der Waals surface area contributed by atoms with Gasteiger partial charge in [-0.15, -0.1) is 6.58 Å². The van der Waals surface area contributed by atoms with Gasteiger partial charge in [-0.2, -0.15) is 0 Å². The highest BCUT2D eigenvalue weighted by Crippen LogP contribution is 2.08. The summed E-state index contributed by atoms with van der Waals surface area (Å²) < 4.78 is 6.26. The molecule has 7 nitrogen and oxygen atoms in total. The largest absolute Gasteiger partial charge is 0.461 e. The standard InChI is InChI=1S/C17H18N4O3S/c1-3-10-18-17(25)19-11-13-14(16(23)24-4-2)20-21(15(13)22)12-8-6-5-7-9-12/h3,5-9,11,20H,1,4,10H2,2H3,(H,18,25). The van der Waals surface area contributed by atoms with E-state index in [1.807, 2.05) is 6.07 Å². The first-order chi connectivity index (χ1) is 12.1. The molecular formula is C17H18N4O3S. The summed E-state index contributed by atoms with van der Waals surface area (Å²) in [6, 6.07) is 8.88. The van der Waals surface area contributed by atoms with Gasteiger partial charge in [-0.05, 0) is 31.3 Å². The molecule has 0 saturated heterocycles. The highest BCUT2D eigenvalue weighted by atomic mass is 32.1. The average molecular weight is 358 g/mol. The Hall–Kier alpha value is -3.00. The molecule has 0 bridgehead atoms. The molecule has 0 unspecified atom stereocenters. The SMILES string of the molecule is C=CCNC(=S)N=Cc1c(C(=O)OCC)[nH]n(-c2ccccc2)c1=O. The lowest BCUT2D eigenvalue weighted by molar-refractivity contribution is 0.0519. The molecule has 0 atom stereocenters. The van der Waals surface area contributed by atoms with Gasteiger partial charge in [0.05, 0.1) is 17.9 Å². The summed E-state index contributed by atoms with van der Waals surface area (Å²) in [5, 5.41) is 5.77. The Kier molecular flexibility index (Phi) is 6.41. The van der Waals surface area contributed by atoms with Crippen molar-refractivity contribution in [2.24, 2.45) is 4.99 Å². The molecule has 130 valence electrons. The Morgan fingerprint density at radius 3 is 2.80 bits per heavy atom. The molecule has 0 aliphatic carbocycles. The van der Waals surface area contributed by atoms with Gasteiger partial charge in [0.25, 0.3) is 5.56 Å². The topological polar surface area (TPSA) is 88.5 Å². The summed E-state index contributed by atoms with van der Waals surface area (Å²) in [6.45, 7) is 5.89. The molecule has 2 aromatic rings. The number of hydrogen-bond acceptors (Lipinski definition) is 4. The summed E-state index contributed by atoms with van der Waals surface area (Å²) in [7, 11) is 0. The van der Waals surface area contributed by atoms with Crippen molar-refractivity contribution >= 4 is 29.5 Å². The molecular weight excluding hydrogens is 340 g/mol. The zero-order valence-corrected chi connectivity index (χ0v) is 14.5. The molecule has 0 spiro atoms. The number of thiocarbonyl (C=S) groups is 1. The molecule has 0 fully saturated rings. The fraction of sp³-hybridized carbons (Fsp3) is 0.176. The van der Waals surface area contributed by atoms with E-state index in [0.717, 1.165) is 0 Å². The van der Waals surface area contributed by atoms with Crippen LogP contribution in [0.25, 0.3) is 5.69 Å². The van der Waals surface area contributed by atoms with E-state index in [1.165, 1.54) is 10.9 Å². The first-order valence-electron chi connectivity index (χ1n) is 7.58. The van der Waals surface area contributed by atoms with E-state index in [0.29, 0.717) is 12.2 Å². The van der Waals surface area contributed by atoms with Gasteiger partial charge in [-0.25, -0.2) is 14.5 Å². The van der Waals surface area contributed by atoms with Gasteiger partial charge in [-0.3, -0.25) is 9.89 Å². The molecule has 1 heterocycles. The number of aromatic nitrogens is 2. The summed E-state index contributed by atoms with van der Waals surface area (Å²) in [5.41, 5.74) is 0.255. The van der Waals surface area contributed by atoms with Crippen LogP contribution in [-0.2, 0) is 4.74 Å².